The van der Waals surface area contributed by atoms with Gasteiger partial charge in [0, 0.05) is 43.2 Å². The van der Waals surface area contributed by atoms with Crippen molar-refractivity contribution in [1.82, 2.24) is 4.98 Å². The number of nitrogens with zero attached hydrogens (tertiary/aromatic N) is 3. The summed E-state index contributed by atoms with van der Waals surface area (Å²) in [6.45, 7) is 2.43. The van der Waals surface area contributed by atoms with Gasteiger partial charge in [-0.25, -0.2) is 4.98 Å². The molecule has 7 heteroatoms. The molecule has 0 spiro atoms. The van der Waals surface area contributed by atoms with Crippen molar-refractivity contribution in [1.29, 1.82) is 0 Å². The van der Waals surface area contributed by atoms with E-state index in [2.05, 4.69) is 9.88 Å². The molecule has 1 aliphatic heterocycles. The summed E-state index contributed by atoms with van der Waals surface area (Å²) in [5.41, 5.74) is 0.941. The van der Waals surface area contributed by atoms with Crippen LogP contribution in [0.2, 0.25) is 0 Å². The summed E-state index contributed by atoms with van der Waals surface area (Å²) < 4.78 is 10.9. The first-order chi connectivity index (χ1) is 12.2. The molecule has 7 nitrogen and oxygen atoms in total. The summed E-state index contributed by atoms with van der Waals surface area (Å²) in [6.07, 6.45) is 3.73. The van der Waals surface area contributed by atoms with Gasteiger partial charge in [0.1, 0.15) is 0 Å². The summed E-state index contributed by atoms with van der Waals surface area (Å²) in [5.74, 6) is 1.44. The lowest BCUT2D eigenvalue weighted by atomic mass is 9.97. The number of ether oxygens (including phenoxy) is 2. The van der Waals surface area contributed by atoms with Crippen LogP contribution in [0.4, 0.5) is 11.4 Å². The van der Waals surface area contributed by atoms with Crippen LogP contribution in [0.25, 0.3) is 0 Å². The number of rotatable bonds is 6. The zero-order valence-corrected chi connectivity index (χ0v) is 14.1. The van der Waals surface area contributed by atoms with Gasteiger partial charge in [-0.05, 0) is 30.9 Å². The van der Waals surface area contributed by atoms with Crippen molar-refractivity contribution in [2.24, 2.45) is 5.92 Å². The third kappa shape index (κ3) is 4.17. The van der Waals surface area contributed by atoms with Gasteiger partial charge < -0.3 is 14.4 Å². The second-order valence-electron chi connectivity index (χ2n) is 6.02. The van der Waals surface area contributed by atoms with Gasteiger partial charge in [0.05, 0.1) is 18.6 Å². The number of pyridine rings is 1. The van der Waals surface area contributed by atoms with Crippen LogP contribution in [0, 0.1) is 16.0 Å². The van der Waals surface area contributed by atoms with Crippen LogP contribution in [0.1, 0.15) is 12.8 Å². The Hall–Kier alpha value is -2.83. The van der Waals surface area contributed by atoms with E-state index in [1.165, 1.54) is 13.2 Å². The molecular weight excluding hydrogens is 322 g/mol. The predicted molar refractivity (Wildman–Crippen MR) is 94.3 cm³/mol. The van der Waals surface area contributed by atoms with Crippen molar-refractivity contribution < 1.29 is 14.4 Å². The molecule has 3 rings (SSSR count). The van der Waals surface area contributed by atoms with Gasteiger partial charge in [-0.2, -0.15) is 0 Å². The van der Waals surface area contributed by atoms with E-state index in [4.69, 9.17) is 9.47 Å². The van der Waals surface area contributed by atoms with E-state index >= 15 is 0 Å². The van der Waals surface area contributed by atoms with E-state index in [0.29, 0.717) is 24.2 Å². The van der Waals surface area contributed by atoms with Gasteiger partial charge in [0.2, 0.25) is 5.88 Å². The van der Waals surface area contributed by atoms with Gasteiger partial charge in [-0.1, -0.05) is 6.07 Å². The summed E-state index contributed by atoms with van der Waals surface area (Å²) >= 11 is 0. The number of hydrogen-bond acceptors (Lipinski definition) is 6. The van der Waals surface area contributed by atoms with Gasteiger partial charge in [0.15, 0.2) is 5.75 Å². The molecule has 0 N–H and O–H groups in total. The molecule has 0 radical (unpaired) electrons. The molecule has 2 heterocycles. The molecular formula is C18H21N3O4. The molecule has 0 aliphatic carbocycles. The van der Waals surface area contributed by atoms with Gasteiger partial charge in [-0.15, -0.1) is 0 Å². The largest absolute Gasteiger partial charge is 0.490 e. The van der Waals surface area contributed by atoms with Crippen LogP contribution in [0.5, 0.6) is 11.6 Å². The summed E-state index contributed by atoms with van der Waals surface area (Å²) in [5, 5.41) is 11.0. The van der Waals surface area contributed by atoms with Crippen LogP contribution in [-0.2, 0) is 0 Å². The maximum absolute atomic E-state index is 11.0. The third-order valence-corrected chi connectivity index (χ3v) is 4.44. The molecule has 2 aromatic rings. The normalized spacial score (nSPS) is 15.0. The predicted octanol–water partition coefficient (Wildman–Crippen LogP) is 3.29. The molecule has 132 valence electrons. The minimum Gasteiger partial charge on any atom is -0.490 e. The third-order valence-electron chi connectivity index (χ3n) is 4.44. The molecule has 1 aromatic heterocycles. The first-order valence-corrected chi connectivity index (χ1v) is 8.28. The number of aromatic nitrogens is 1. The highest BCUT2D eigenvalue weighted by Gasteiger charge is 2.22. The number of nitro groups is 1. The number of piperidine rings is 1. The van der Waals surface area contributed by atoms with Crippen LogP contribution in [-0.4, -0.2) is 36.7 Å². The fourth-order valence-electron chi connectivity index (χ4n) is 3.01. The maximum atomic E-state index is 11.0. The number of benzene rings is 1. The summed E-state index contributed by atoms with van der Waals surface area (Å²) in [6, 6.07) is 10.7. The first kappa shape index (κ1) is 17.0. The van der Waals surface area contributed by atoms with E-state index in [0.717, 1.165) is 31.6 Å². The van der Waals surface area contributed by atoms with E-state index in [9.17, 15) is 10.1 Å². The molecule has 0 amide bonds. The molecule has 0 unspecified atom stereocenters. The molecule has 0 atom stereocenters. The fourth-order valence-corrected chi connectivity index (χ4v) is 3.01. The summed E-state index contributed by atoms with van der Waals surface area (Å²) in [4.78, 5) is 17.0. The molecule has 1 fully saturated rings. The Bertz CT molecular complexity index is 716. The van der Waals surface area contributed by atoms with E-state index in [1.54, 1.807) is 18.3 Å². The molecule has 0 bridgehead atoms. The van der Waals surface area contributed by atoms with Crippen LogP contribution in [0.3, 0.4) is 0 Å². The van der Waals surface area contributed by atoms with Crippen molar-refractivity contribution in [3.05, 3.63) is 52.7 Å². The van der Waals surface area contributed by atoms with Gasteiger partial charge in [-0.3, -0.25) is 10.1 Å². The number of methoxy groups -OCH3 is 1. The lowest BCUT2D eigenvalue weighted by Crippen LogP contribution is -2.35. The zero-order chi connectivity index (χ0) is 17.6. The first-order valence-electron chi connectivity index (χ1n) is 8.28. The maximum Gasteiger partial charge on any atom is 0.311 e. The molecule has 1 aliphatic rings. The van der Waals surface area contributed by atoms with Crippen molar-refractivity contribution >= 4 is 11.4 Å². The highest BCUT2D eigenvalue weighted by Crippen LogP contribution is 2.33. The number of hydrogen-bond donors (Lipinski definition) is 0. The summed E-state index contributed by atoms with van der Waals surface area (Å²) in [7, 11) is 1.45. The molecule has 25 heavy (non-hydrogen) atoms. The fraction of sp³-hybridized carbons (Fsp3) is 0.389. The van der Waals surface area contributed by atoms with Crippen molar-refractivity contribution in [3.63, 3.8) is 0 Å². The highest BCUT2D eigenvalue weighted by molar-refractivity contribution is 5.59. The van der Waals surface area contributed by atoms with E-state index in [1.807, 2.05) is 18.2 Å². The number of nitro benzene ring substituents is 1. The Balaban J connectivity index is 1.56. The standard InChI is InChI=1S/C18H21N3O4/c1-24-17-12-15(5-6-16(17)21(22)23)20-10-7-14(8-11-20)13-25-18-4-2-3-9-19-18/h2-6,9,12,14H,7-8,10-11,13H2,1H3. The van der Waals surface area contributed by atoms with Crippen molar-refractivity contribution in [2.45, 2.75) is 12.8 Å². The Morgan fingerprint density at radius 2 is 2.08 bits per heavy atom. The second kappa shape index (κ2) is 7.83. The SMILES string of the molecule is COc1cc(N2CCC(COc3ccccn3)CC2)ccc1[N+](=O)[O-]. The van der Waals surface area contributed by atoms with E-state index < -0.39 is 4.92 Å². The van der Waals surface area contributed by atoms with Crippen LogP contribution < -0.4 is 14.4 Å². The smallest absolute Gasteiger partial charge is 0.311 e. The average Bonchev–Trinajstić information content (AvgIpc) is 2.67. The second-order valence-corrected chi connectivity index (χ2v) is 6.02. The number of anilines is 1. The quantitative estimate of drug-likeness (QED) is 0.591. The van der Waals surface area contributed by atoms with Crippen molar-refractivity contribution in [3.8, 4) is 11.6 Å². The molecule has 1 aromatic carbocycles. The van der Waals surface area contributed by atoms with E-state index in [-0.39, 0.29) is 5.69 Å². The molecule has 1 saturated heterocycles. The minimum atomic E-state index is -0.427. The minimum absolute atomic E-state index is 0.00935. The monoisotopic (exact) mass is 343 g/mol. The molecule has 0 saturated carbocycles. The highest BCUT2D eigenvalue weighted by atomic mass is 16.6. The van der Waals surface area contributed by atoms with Crippen LogP contribution >= 0.6 is 0 Å². The Kier molecular flexibility index (Phi) is 5.33. The van der Waals surface area contributed by atoms with Crippen LogP contribution in [0.15, 0.2) is 42.6 Å². The van der Waals surface area contributed by atoms with Gasteiger partial charge >= 0.3 is 5.69 Å². The van der Waals surface area contributed by atoms with Gasteiger partial charge in [0.25, 0.3) is 0 Å². The lowest BCUT2D eigenvalue weighted by molar-refractivity contribution is -0.385. The average molecular weight is 343 g/mol. The Morgan fingerprint density at radius 3 is 2.72 bits per heavy atom. The Morgan fingerprint density at radius 1 is 1.28 bits per heavy atom. The Labute approximate surface area is 146 Å². The lowest BCUT2D eigenvalue weighted by Gasteiger charge is -2.33. The van der Waals surface area contributed by atoms with Crippen molar-refractivity contribution in [2.75, 3.05) is 31.7 Å². The topological polar surface area (TPSA) is 77.7 Å². The zero-order valence-electron chi connectivity index (χ0n) is 14.1.